The van der Waals surface area contributed by atoms with E-state index in [-0.39, 0.29) is 12.4 Å². The lowest BCUT2D eigenvalue weighted by atomic mass is 9.92. The van der Waals surface area contributed by atoms with Gasteiger partial charge in [0.1, 0.15) is 23.8 Å². The number of imidazole rings is 1. The van der Waals surface area contributed by atoms with Gasteiger partial charge in [-0.05, 0) is 23.7 Å². The van der Waals surface area contributed by atoms with Gasteiger partial charge >= 0.3 is 5.28 Å². The number of rotatable bonds is 6. The highest BCUT2D eigenvalue weighted by atomic mass is 35.5. The standard InChI is InChI=1S/C27H36ClN2.ClH/c1-17(2)21-11-9-12-22(18(3)4)25(21)29-15-16-30(27(29)28)26-23(19(5)6)13-10-14-24(26)20(7)8;/h9-20H,1-8H3;1H/q+1;/p-1. The molecule has 2 aromatic carbocycles. The average Bonchev–Trinajstić information content (AvgIpc) is 3.07. The summed E-state index contributed by atoms with van der Waals surface area (Å²) < 4.78 is 4.35. The monoisotopic (exact) mass is 458 g/mol. The van der Waals surface area contributed by atoms with Crippen molar-refractivity contribution in [2.24, 2.45) is 0 Å². The minimum atomic E-state index is 0. The molecule has 4 heteroatoms. The van der Waals surface area contributed by atoms with E-state index in [2.05, 4.69) is 113 Å². The highest BCUT2D eigenvalue weighted by molar-refractivity contribution is 6.27. The number of nitrogens with zero attached hydrogens (tertiary/aromatic N) is 2. The highest BCUT2D eigenvalue weighted by Gasteiger charge is 2.28. The van der Waals surface area contributed by atoms with Gasteiger partial charge in [-0.25, -0.2) is 0 Å². The normalized spacial score (nSPS) is 11.6. The molecule has 0 saturated carbocycles. The number of halogens is 2. The van der Waals surface area contributed by atoms with Crippen LogP contribution in [0, 0.1) is 0 Å². The number of benzene rings is 2. The average molecular weight is 460 g/mol. The molecule has 0 amide bonds. The van der Waals surface area contributed by atoms with Gasteiger partial charge in [-0.2, -0.15) is 9.13 Å². The summed E-state index contributed by atoms with van der Waals surface area (Å²) in [7, 11) is 0. The Labute approximate surface area is 199 Å². The quantitative estimate of drug-likeness (QED) is 0.464. The van der Waals surface area contributed by atoms with E-state index in [0.29, 0.717) is 23.7 Å². The van der Waals surface area contributed by atoms with Crippen molar-refractivity contribution in [2.45, 2.75) is 79.1 Å². The van der Waals surface area contributed by atoms with Crippen molar-refractivity contribution in [3.63, 3.8) is 0 Å². The third-order valence-corrected chi connectivity index (χ3v) is 6.29. The van der Waals surface area contributed by atoms with Gasteiger partial charge in [0.05, 0.1) is 0 Å². The molecule has 0 fully saturated rings. The van der Waals surface area contributed by atoms with Crippen LogP contribution < -0.4 is 17.0 Å². The van der Waals surface area contributed by atoms with E-state index < -0.39 is 0 Å². The van der Waals surface area contributed by atoms with E-state index in [1.165, 1.54) is 33.6 Å². The fourth-order valence-electron chi connectivity index (χ4n) is 4.29. The van der Waals surface area contributed by atoms with Gasteiger partial charge in [-0.3, -0.25) is 0 Å². The van der Waals surface area contributed by atoms with E-state index >= 15 is 0 Å². The Balaban J connectivity index is 0.00000341. The molecule has 1 heterocycles. The Kier molecular flexibility index (Phi) is 8.41. The Morgan fingerprint density at radius 2 is 1.06 bits per heavy atom. The summed E-state index contributed by atoms with van der Waals surface area (Å²) in [5.41, 5.74) is 7.75. The fraction of sp³-hybridized carbons (Fsp3) is 0.444. The SMILES string of the molecule is CC(C)c1cccc(C(C)C)c1-n1cc[n+](-c2c(C(C)C)cccc2C(C)C)c1Cl.[Cl-]. The van der Waals surface area contributed by atoms with Crippen molar-refractivity contribution >= 4 is 11.6 Å². The van der Waals surface area contributed by atoms with Crippen LogP contribution in [0.25, 0.3) is 11.4 Å². The summed E-state index contributed by atoms with van der Waals surface area (Å²) in [6, 6.07) is 13.3. The fourth-order valence-corrected chi connectivity index (χ4v) is 4.57. The van der Waals surface area contributed by atoms with Gasteiger partial charge in [0, 0.05) is 33.9 Å². The zero-order valence-corrected chi connectivity index (χ0v) is 21.6. The molecule has 168 valence electrons. The lowest BCUT2D eigenvalue weighted by Crippen LogP contribution is -3.00. The van der Waals surface area contributed by atoms with E-state index in [0.717, 1.165) is 5.28 Å². The van der Waals surface area contributed by atoms with E-state index in [4.69, 9.17) is 11.6 Å². The Morgan fingerprint density at radius 1 is 0.677 bits per heavy atom. The molecule has 0 aliphatic rings. The van der Waals surface area contributed by atoms with E-state index in [1.54, 1.807) is 0 Å². The number of hydrogen-bond donors (Lipinski definition) is 0. The second-order valence-electron chi connectivity index (χ2n) is 9.50. The molecule has 2 nitrogen and oxygen atoms in total. The molecule has 0 N–H and O–H groups in total. The number of para-hydroxylation sites is 2. The van der Waals surface area contributed by atoms with Gasteiger partial charge in [-0.15, -0.1) is 0 Å². The molecule has 0 aliphatic carbocycles. The van der Waals surface area contributed by atoms with Crippen molar-refractivity contribution in [2.75, 3.05) is 0 Å². The second kappa shape index (κ2) is 10.2. The molecular formula is C27H36Cl2N2. The molecule has 0 aliphatic heterocycles. The van der Waals surface area contributed by atoms with Crippen molar-refractivity contribution in [1.82, 2.24) is 4.57 Å². The maximum atomic E-state index is 7.13. The van der Waals surface area contributed by atoms with Crippen LogP contribution in [0.3, 0.4) is 0 Å². The molecule has 0 unspecified atom stereocenters. The number of aromatic nitrogens is 2. The Morgan fingerprint density at radius 3 is 1.45 bits per heavy atom. The molecule has 31 heavy (non-hydrogen) atoms. The maximum absolute atomic E-state index is 7.13. The largest absolute Gasteiger partial charge is 1.00 e. The van der Waals surface area contributed by atoms with Gasteiger partial charge in [0.25, 0.3) is 0 Å². The predicted octanol–water partition coefficient (Wildman–Crippen LogP) is 4.91. The van der Waals surface area contributed by atoms with Gasteiger partial charge in [-0.1, -0.05) is 91.8 Å². The summed E-state index contributed by atoms with van der Waals surface area (Å²) in [5.74, 6) is 1.67. The smallest absolute Gasteiger partial charge is 0.365 e. The second-order valence-corrected chi connectivity index (χ2v) is 9.83. The summed E-state index contributed by atoms with van der Waals surface area (Å²) in [4.78, 5) is 0. The Hall–Kier alpha value is -1.77. The lowest BCUT2D eigenvalue weighted by Gasteiger charge is -2.18. The van der Waals surface area contributed by atoms with Gasteiger partial charge in [0.2, 0.25) is 0 Å². The van der Waals surface area contributed by atoms with Crippen molar-refractivity contribution in [3.05, 3.63) is 76.3 Å². The van der Waals surface area contributed by atoms with Crippen LogP contribution in [0.2, 0.25) is 5.28 Å². The van der Waals surface area contributed by atoms with Crippen molar-refractivity contribution in [1.29, 1.82) is 0 Å². The third-order valence-electron chi connectivity index (χ3n) is 5.93. The van der Waals surface area contributed by atoms with Gasteiger partial charge < -0.3 is 12.4 Å². The Bertz CT molecular complexity index is 896. The number of hydrogen-bond acceptors (Lipinski definition) is 0. The first-order valence-corrected chi connectivity index (χ1v) is 11.6. The van der Waals surface area contributed by atoms with Crippen molar-refractivity contribution < 1.29 is 17.0 Å². The third kappa shape index (κ3) is 4.86. The summed E-state index contributed by atoms with van der Waals surface area (Å²) in [6.07, 6.45) is 4.24. The van der Waals surface area contributed by atoms with Crippen LogP contribution in [0.4, 0.5) is 0 Å². The van der Waals surface area contributed by atoms with Crippen molar-refractivity contribution in [3.8, 4) is 11.4 Å². The van der Waals surface area contributed by atoms with Crippen LogP contribution >= 0.6 is 11.6 Å². The maximum Gasteiger partial charge on any atom is 0.365 e. The molecular weight excluding hydrogens is 423 g/mol. The predicted molar refractivity (Wildman–Crippen MR) is 129 cm³/mol. The first-order valence-electron chi connectivity index (χ1n) is 11.2. The highest BCUT2D eigenvalue weighted by Crippen LogP contribution is 2.34. The van der Waals surface area contributed by atoms with Crippen LogP contribution in [0.1, 0.15) is 101 Å². The van der Waals surface area contributed by atoms with Crippen LogP contribution in [0.5, 0.6) is 0 Å². The zero-order chi connectivity index (χ0) is 22.2. The van der Waals surface area contributed by atoms with E-state index in [1.807, 2.05) is 0 Å². The molecule has 0 saturated heterocycles. The summed E-state index contributed by atoms with van der Waals surface area (Å²) in [6.45, 7) is 18.0. The lowest BCUT2D eigenvalue weighted by molar-refractivity contribution is -0.593. The van der Waals surface area contributed by atoms with Crippen LogP contribution in [-0.4, -0.2) is 4.57 Å². The minimum Gasteiger partial charge on any atom is -1.00 e. The summed E-state index contributed by atoms with van der Waals surface area (Å²) >= 11 is 7.13. The molecule has 0 bridgehead atoms. The minimum absolute atomic E-state index is 0. The molecule has 1 aromatic heterocycles. The molecule has 3 aromatic rings. The summed E-state index contributed by atoms with van der Waals surface area (Å²) in [5, 5.41) is 0.722. The van der Waals surface area contributed by atoms with E-state index in [9.17, 15) is 0 Å². The molecule has 0 radical (unpaired) electrons. The molecule has 0 atom stereocenters. The van der Waals surface area contributed by atoms with Gasteiger partial charge in [0.15, 0.2) is 0 Å². The van der Waals surface area contributed by atoms with Crippen LogP contribution in [0.15, 0.2) is 48.8 Å². The molecule has 0 spiro atoms. The first-order chi connectivity index (χ1) is 14.1. The van der Waals surface area contributed by atoms with Crippen LogP contribution in [-0.2, 0) is 0 Å². The molecule has 3 rings (SSSR count). The first kappa shape index (κ1) is 25.5. The topological polar surface area (TPSA) is 8.81 Å². The zero-order valence-electron chi connectivity index (χ0n) is 20.1.